The van der Waals surface area contributed by atoms with Crippen molar-refractivity contribution < 1.29 is 4.79 Å². The Morgan fingerprint density at radius 3 is 2.78 bits per heavy atom. The summed E-state index contributed by atoms with van der Waals surface area (Å²) in [6, 6.07) is 5.30. The number of nitrogens with zero attached hydrogens (tertiary/aromatic N) is 3. The van der Waals surface area contributed by atoms with E-state index in [9.17, 15) is 4.79 Å². The zero-order chi connectivity index (χ0) is 13.1. The zero-order valence-electron chi connectivity index (χ0n) is 10.3. The van der Waals surface area contributed by atoms with E-state index in [0.717, 1.165) is 5.56 Å². The van der Waals surface area contributed by atoms with Crippen molar-refractivity contribution in [3.63, 3.8) is 0 Å². The summed E-state index contributed by atoms with van der Waals surface area (Å²) < 4.78 is 1.55. The van der Waals surface area contributed by atoms with E-state index in [1.54, 1.807) is 30.2 Å². The number of nitrogens with two attached hydrogens (primary N) is 1. The van der Waals surface area contributed by atoms with Crippen molar-refractivity contribution >= 4 is 5.91 Å². The predicted octanol–water partition coefficient (Wildman–Crippen LogP) is 0.647. The van der Waals surface area contributed by atoms with E-state index in [2.05, 4.69) is 15.4 Å². The second-order valence-corrected chi connectivity index (χ2v) is 3.96. The first-order valence-corrected chi connectivity index (χ1v) is 5.61. The molecule has 18 heavy (non-hydrogen) atoms. The molecule has 0 spiro atoms. The SMILES string of the molecule is CNC(=O)c1ccn(-c2ccc([C@H](C)N)cn2)n1. The highest BCUT2D eigenvalue weighted by Gasteiger charge is 2.08. The Morgan fingerprint density at radius 2 is 2.22 bits per heavy atom. The van der Waals surface area contributed by atoms with Crippen molar-refractivity contribution in [3.8, 4) is 5.82 Å². The van der Waals surface area contributed by atoms with Crippen molar-refractivity contribution in [2.24, 2.45) is 5.73 Å². The summed E-state index contributed by atoms with van der Waals surface area (Å²) in [5, 5.41) is 6.66. The Labute approximate surface area is 105 Å². The van der Waals surface area contributed by atoms with Crippen LogP contribution in [0.2, 0.25) is 0 Å². The lowest BCUT2D eigenvalue weighted by Crippen LogP contribution is -2.18. The molecule has 6 heteroatoms. The van der Waals surface area contributed by atoms with Crippen LogP contribution in [-0.4, -0.2) is 27.7 Å². The van der Waals surface area contributed by atoms with E-state index in [-0.39, 0.29) is 11.9 Å². The number of carbonyl (C=O) groups is 1. The minimum absolute atomic E-state index is 0.0504. The van der Waals surface area contributed by atoms with Crippen LogP contribution in [0, 0.1) is 0 Å². The van der Waals surface area contributed by atoms with E-state index >= 15 is 0 Å². The fourth-order valence-electron chi connectivity index (χ4n) is 1.50. The first-order valence-electron chi connectivity index (χ1n) is 5.61. The number of nitrogens with one attached hydrogen (secondary N) is 1. The van der Waals surface area contributed by atoms with Gasteiger partial charge in [0, 0.05) is 25.5 Å². The molecule has 0 aromatic carbocycles. The average molecular weight is 245 g/mol. The molecule has 2 rings (SSSR count). The summed E-state index contributed by atoms with van der Waals surface area (Å²) in [5.74, 6) is 0.426. The maximum absolute atomic E-state index is 11.4. The Morgan fingerprint density at radius 1 is 1.44 bits per heavy atom. The van der Waals surface area contributed by atoms with Gasteiger partial charge in [0.15, 0.2) is 11.5 Å². The molecule has 2 heterocycles. The summed E-state index contributed by atoms with van der Waals surface area (Å²) in [5.41, 5.74) is 7.06. The molecule has 6 nitrogen and oxygen atoms in total. The number of aromatic nitrogens is 3. The molecule has 1 amide bonds. The van der Waals surface area contributed by atoms with Gasteiger partial charge in [-0.2, -0.15) is 5.10 Å². The van der Waals surface area contributed by atoms with Crippen LogP contribution in [-0.2, 0) is 0 Å². The second kappa shape index (κ2) is 4.97. The number of amides is 1. The topological polar surface area (TPSA) is 85.8 Å². The molecule has 0 fully saturated rings. The molecule has 0 aliphatic rings. The molecule has 0 unspecified atom stereocenters. The van der Waals surface area contributed by atoms with Crippen LogP contribution in [0.25, 0.3) is 5.82 Å². The monoisotopic (exact) mass is 245 g/mol. The van der Waals surface area contributed by atoms with Crippen molar-refractivity contribution in [3.05, 3.63) is 41.9 Å². The molecule has 0 radical (unpaired) electrons. The van der Waals surface area contributed by atoms with Gasteiger partial charge in [0.1, 0.15) is 0 Å². The lowest BCUT2D eigenvalue weighted by atomic mass is 10.2. The quantitative estimate of drug-likeness (QED) is 0.831. The Balaban J connectivity index is 2.26. The van der Waals surface area contributed by atoms with Crippen LogP contribution in [0.5, 0.6) is 0 Å². The number of carbonyl (C=O) groups excluding carboxylic acids is 1. The largest absolute Gasteiger partial charge is 0.354 e. The number of hydrogen-bond donors (Lipinski definition) is 2. The molecule has 0 aliphatic carbocycles. The first-order chi connectivity index (χ1) is 8.61. The van der Waals surface area contributed by atoms with E-state index in [1.165, 1.54) is 0 Å². The van der Waals surface area contributed by atoms with E-state index in [0.29, 0.717) is 11.5 Å². The molecule has 0 saturated carbocycles. The van der Waals surface area contributed by atoms with Crippen LogP contribution < -0.4 is 11.1 Å². The van der Waals surface area contributed by atoms with Crippen LogP contribution in [0.1, 0.15) is 29.0 Å². The summed E-state index contributed by atoms with van der Waals surface area (Å²) >= 11 is 0. The van der Waals surface area contributed by atoms with Gasteiger partial charge in [-0.3, -0.25) is 4.79 Å². The highest BCUT2D eigenvalue weighted by molar-refractivity contribution is 5.91. The first kappa shape index (κ1) is 12.3. The minimum Gasteiger partial charge on any atom is -0.354 e. The lowest BCUT2D eigenvalue weighted by Gasteiger charge is -2.05. The van der Waals surface area contributed by atoms with Crippen molar-refractivity contribution in [2.45, 2.75) is 13.0 Å². The third kappa shape index (κ3) is 2.38. The molecule has 0 saturated heterocycles. The maximum Gasteiger partial charge on any atom is 0.271 e. The third-order valence-electron chi connectivity index (χ3n) is 2.58. The zero-order valence-corrected chi connectivity index (χ0v) is 10.3. The van der Waals surface area contributed by atoms with E-state index < -0.39 is 0 Å². The van der Waals surface area contributed by atoms with Gasteiger partial charge in [0.05, 0.1) is 0 Å². The molecule has 0 aliphatic heterocycles. The number of pyridine rings is 1. The van der Waals surface area contributed by atoms with Gasteiger partial charge >= 0.3 is 0 Å². The van der Waals surface area contributed by atoms with Crippen molar-refractivity contribution in [2.75, 3.05) is 7.05 Å². The van der Waals surface area contributed by atoms with E-state index in [4.69, 9.17) is 5.73 Å². The fraction of sp³-hybridized carbons (Fsp3) is 0.250. The van der Waals surface area contributed by atoms with Crippen molar-refractivity contribution in [1.29, 1.82) is 0 Å². The van der Waals surface area contributed by atoms with Crippen molar-refractivity contribution in [1.82, 2.24) is 20.1 Å². The molecular formula is C12H15N5O. The average Bonchev–Trinajstić information content (AvgIpc) is 2.87. The molecule has 0 bridgehead atoms. The Bertz CT molecular complexity index is 544. The van der Waals surface area contributed by atoms with Crippen LogP contribution in [0.15, 0.2) is 30.6 Å². The molecule has 94 valence electrons. The second-order valence-electron chi connectivity index (χ2n) is 3.96. The molecule has 2 aromatic heterocycles. The van der Waals surface area contributed by atoms with E-state index in [1.807, 2.05) is 19.1 Å². The highest BCUT2D eigenvalue weighted by atomic mass is 16.1. The predicted molar refractivity (Wildman–Crippen MR) is 67.4 cm³/mol. The van der Waals surface area contributed by atoms with Gasteiger partial charge in [-0.05, 0) is 24.6 Å². The number of rotatable bonds is 3. The lowest BCUT2D eigenvalue weighted by molar-refractivity contribution is 0.0957. The molecule has 3 N–H and O–H groups in total. The third-order valence-corrected chi connectivity index (χ3v) is 2.58. The number of hydrogen-bond acceptors (Lipinski definition) is 4. The maximum atomic E-state index is 11.4. The van der Waals surface area contributed by atoms with Gasteiger partial charge in [0.25, 0.3) is 5.91 Å². The van der Waals surface area contributed by atoms with Gasteiger partial charge in [-0.1, -0.05) is 6.07 Å². The van der Waals surface area contributed by atoms with Crippen LogP contribution in [0.3, 0.4) is 0 Å². The Hall–Kier alpha value is -2.21. The molecule has 1 atom stereocenters. The van der Waals surface area contributed by atoms with Crippen LogP contribution >= 0.6 is 0 Å². The smallest absolute Gasteiger partial charge is 0.271 e. The molecular weight excluding hydrogens is 230 g/mol. The highest BCUT2D eigenvalue weighted by Crippen LogP contribution is 2.10. The Kier molecular flexibility index (Phi) is 3.38. The standard InChI is InChI=1S/C12H15N5O/c1-8(13)9-3-4-11(15-7-9)17-6-5-10(16-17)12(18)14-2/h3-8H,13H2,1-2H3,(H,14,18)/t8-/m0/s1. The summed E-state index contributed by atoms with van der Waals surface area (Å²) in [4.78, 5) is 15.6. The van der Waals surface area contributed by atoms with Gasteiger partial charge in [0.2, 0.25) is 0 Å². The summed E-state index contributed by atoms with van der Waals surface area (Å²) in [6.45, 7) is 1.90. The summed E-state index contributed by atoms with van der Waals surface area (Å²) in [7, 11) is 1.57. The van der Waals surface area contributed by atoms with Gasteiger partial charge < -0.3 is 11.1 Å². The minimum atomic E-state index is -0.221. The van der Waals surface area contributed by atoms with Gasteiger partial charge in [-0.15, -0.1) is 0 Å². The normalized spacial score (nSPS) is 12.2. The van der Waals surface area contributed by atoms with Gasteiger partial charge in [-0.25, -0.2) is 9.67 Å². The summed E-state index contributed by atoms with van der Waals surface area (Å²) in [6.07, 6.45) is 3.40. The van der Waals surface area contributed by atoms with Crippen LogP contribution in [0.4, 0.5) is 0 Å². The molecule has 2 aromatic rings. The fourth-order valence-corrected chi connectivity index (χ4v) is 1.50.